The van der Waals surface area contributed by atoms with Crippen LogP contribution in [0.15, 0.2) is 34.1 Å². The number of benzene rings is 1. The Kier molecular flexibility index (Phi) is 4.67. The van der Waals surface area contributed by atoms with Crippen molar-refractivity contribution in [2.75, 3.05) is 7.11 Å². The fourth-order valence-electron chi connectivity index (χ4n) is 1.78. The first-order valence-electron chi connectivity index (χ1n) is 5.42. The third-order valence-corrected chi connectivity index (χ3v) is 4.59. The molecule has 0 saturated heterocycles. The maximum absolute atomic E-state index is 6.23. The summed E-state index contributed by atoms with van der Waals surface area (Å²) >= 11 is 11.1. The van der Waals surface area contributed by atoms with E-state index < -0.39 is 0 Å². The molecule has 18 heavy (non-hydrogen) atoms. The minimum Gasteiger partial charge on any atom is -0.496 e. The van der Waals surface area contributed by atoms with Gasteiger partial charge in [0, 0.05) is 37.8 Å². The van der Waals surface area contributed by atoms with Crippen molar-refractivity contribution in [2.24, 2.45) is 5.73 Å². The first kappa shape index (κ1) is 13.9. The molecule has 0 fully saturated rings. The number of nitrogens with two attached hydrogens (primary N) is 1. The van der Waals surface area contributed by atoms with E-state index in [2.05, 4.69) is 27.4 Å². The predicted molar refractivity (Wildman–Crippen MR) is 80.7 cm³/mol. The highest BCUT2D eigenvalue weighted by atomic mass is 79.9. The van der Waals surface area contributed by atoms with Crippen LogP contribution in [0, 0.1) is 0 Å². The molecule has 0 aliphatic rings. The molecule has 0 amide bonds. The van der Waals surface area contributed by atoms with E-state index in [0.717, 1.165) is 22.2 Å². The van der Waals surface area contributed by atoms with Crippen molar-refractivity contribution >= 4 is 38.9 Å². The van der Waals surface area contributed by atoms with Gasteiger partial charge in [-0.25, -0.2) is 0 Å². The molecule has 0 spiro atoms. The van der Waals surface area contributed by atoms with Crippen molar-refractivity contribution in [3.05, 3.63) is 49.6 Å². The average molecular weight is 347 g/mol. The van der Waals surface area contributed by atoms with Crippen LogP contribution in [0.5, 0.6) is 5.75 Å². The molecular formula is C13H13BrClNOS. The molecule has 0 bridgehead atoms. The normalized spacial score (nSPS) is 12.4. The Morgan fingerprint density at radius 2 is 2.22 bits per heavy atom. The van der Waals surface area contributed by atoms with E-state index in [1.165, 1.54) is 4.88 Å². The Labute approximate surface area is 124 Å². The average Bonchev–Trinajstić information content (AvgIpc) is 2.74. The minimum atomic E-state index is -0.121. The molecule has 0 radical (unpaired) electrons. The summed E-state index contributed by atoms with van der Waals surface area (Å²) in [6.07, 6.45) is 0.771. The van der Waals surface area contributed by atoms with E-state index in [4.69, 9.17) is 22.1 Å². The van der Waals surface area contributed by atoms with Crippen molar-refractivity contribution < 1.29 is 4.74 Å². The predicted octanol–water partition coefficient (Wildman–Crippen LogP) is 4.42. The number of methoxy groups -OCH3 is 1. The van der Waals surface area contributed by atoms with Crippen LogP contribution in [-0.2, 0) is 6.42 Å². The van der Waals surface area contributed by atoms with Crippen LogP contribution < -0.4 is 10.5 Å². The fourth-order valence-corrected chi connectivity index (χ4v) is 3.47. The van der Waals surface area contributed by atoms with Crippen LogP contribution in [0.2, 0.25) is 5.02 Å². The Morgan fingerprint density at radius 1 is 1.44 bits per heavy atom. The van der Waals surface area contributed by atoms with Gasteiger partial charge in [0.15, 0.2) is 0 Å². The summed E-state index contributed by atoms with van der Waals surface area (Å²) in [5, 5.41) is 2.73. The molecule has 2 rings (SSSR count). The van der Waals surface area contributed by atoms with Crippen molar-refractivity contribution in [1.29, 1.82) is 0 Å². The maximum atomic E-state index is 6.23. The highest BCUT2D eigenvalue weighted by molar-refractivity contribution is 9.10. The van der Waals surface area contributed by atoms with Crippen LogP contribution in [0.4, 0.5) is 0 Å². The SMILES string of the molecule is COc1ccc(Cl)cc1C(N)Cc1cc(Br)cs1. The number of ether oxygens (including phenoxy) is 1. The second kappa shape index (κ2) is 6.06. The van der Waals surface area contributed by atoms with Crippen LogP contribution in [-0.4, -0.2) is 7.11 Å². The summed E-state index contributed by atoms with van der Waals surface area (Å²) in [5.74, 6) is 0.780. The Hall–Kier alpha value is -0.550. The molecule has 0 aliphatic heterocycles. The van der Waals surface area contributed by atoms with Gasteiger partial charge in [0.1, 0.15) is 5.75 Å². The molecule has 96 valence electrons. The van der Waals surface area contributed by atoms with Gasteiger partial charge in [-0.05, 0) is 40.2 Å². The van der Waals surface area contributed by atoms with E-state index in [0.29, 0.717) is 5.02 Å². The van der Waals surface area contributed by atoms with E-state index in [1.807, 2.05) is 12.1 Å². The van der Waals surface area contributed by atoms with E-state index >= 15 is 0 Å². The van der Waals surface area contributed by atoms with Gasteiger partial charge < -0.3 is 10.5 Å². The van der Waals surface area contributed by atoms with Crippen LogP contribution in [0.25, 0.3) is 0 Å². The summed E-state index contributed by atoms with van der Waals surface area (Å²) in [4.78, 5) is 1.23. The highest BCUT2D eigenvalue weighted by Gasteiger charge is 2.14. The molecule has 5 heteroatoms. The van der Waals surface area contributed by atoms with Gasteiger partial charge in [0.2, 0.25) is 0 Å². The van der Waals surface area contributed by atoms with Crippen molar-refractivity contribution in [1.82, 2.24) is 0 Å². The zero-order valence-electron chi connectivity index (χ0n) is 9.82. The quantitative estimate of drug-likeness (QED) is 0.889. The number of hydrogen-bond acceptors (Lipinski definition) is 3. The topological polar surface area (TPSA) is 35.2 Å². The monoisotopic (exact) mass is 345 g/mol. The van der Waals surface area contributed by atoms with E-state index in [9.17, 15) is 0 Å². The lowest BCUT2D eigenvalue weighted by Gasteiger charge is -2.15. The van der Waals surface area contributed by atoms with Gasteiger partial charge >= 0.3 is 0 Å². The lowest BCUT2D eigenvalue weighted by Crippen LogP contribution is -2.13. The highest BCUT2D eigenvalue weighted by Crippen LogP contribution is 2.31. The van der Waals surface area contributed by atoms with Crippen LogP contribution in [0.3, 0.4) is 0 Å². The van der Waals surface area contributed by atoms with Gasteiger partial charge in [0.25, 0.3) is 0 Å². The summed E-state index contributed by atoms with van der Waals surface area (Å²) in [7, 11) is 1.64. The summed E-state index contributed by atoms with van der Waals surface area (Å²) in [6.45, 7) is 0. The molecule has 1 aromatic heterocycles. The molecule has 1 atom stereocenters. The zero-order valence-corrected chi connectivity index (χ0v) is 13.0. The first-order chi connectivity index (χ1) is 8.60. The van der Waals surface area contributed by atoms with Gasteiger partial charge in [0.05, 0.1) is 7.11 Å². The standard InChI is InChI=1S/C13H13BrClNOS/c1-17-13-3-2-9(15)5-11(13)12(16)6-10-4-8(14)7-18-10/h2-5,7,12H,6,16H2,1H3. The molecule has 2 N–H and O–H groups in total. The maximum Gasteiger partial charge on any atom is 0.123 e. The van der Waals surface area contributed by atoms with Gasteiger partial charge in [-0.15, -0.1) is 11.3 Å². The second-order valence-electron chi connectivity index (χ2n) is 3.93. The van der Waals surface area contributed by atoms with Crippen molar-refractivity contribution in [3.8, 4) is 5.75 Å². The van der Waals surface area contributed by atoms with E-state index in [1.54, 1.807) is 24.5 Å². The Balaban J connectivity index is 2.22. The lowest BCUT2D eigenvalue weighted by atomic mass is 10.0. The van der Waals surface area contributed by atoms with Crippen molar-refractivity contribution in [3.63, 3.8) is 0 Å². The molecule has 2 nitrogen and oxygen atoms in total. The van der Waals surface area contributed by atoms with Gasteiger partial charge in [-0.3, -0.25) is 0 Å². The molecule has 1 unspecified atom stereocenters. The van der Waals surface area contributed by atoms with E-state index in [-0.39, 0.29) is 6.04 Å². The van der Waals surface area contributed by atoms with Gasteiger partial charge in [-0.2, -0.15) is 0 Å². The van der Waals surface area contributed by atoms with Crippen LogP contribution >= 0.6 is 38.9 Å². The number of hydrogen-bond donors (Lipinski definition) is 1. The third-order valence-electron chi connectivity index (χ3n) is 2.63. The number of rotatable bonds is 4. The summed E-state index contributed by atoms with van der Waals surface area (Å²) in [5.41, 5.74) is 7.17. The second-order valence-corrected chi connectivity index (χ2v) is 6.28. The lowest BCUT2D eigenvalue weighted by molar-refractivity contribution is 0.405. The zero-order chi connectivity index (χ0) is 13.1. The minimum absolute atomic E-state index is 0.121. The molecule has 0 saturated carbocycles. The largest absolute Gasteiger partial charge is 0.496 e. The summed E-state index contributed by atoms with van der Waals surface area (Å²) in [6, 6.07) is 7.49. The smallest absolute Gasteiger partial charge is 0.123 e. The molecular weight excluding hydrogens is 334 g/mol. The molecule has 2 aromatic rings. The fraction of sp³-hybridized carbons (Fsp3) is 0.231. The number of thiophene rings is 1. The molecule has 0 aliphatic carbocycles. The van der Waals surface area contributed by atoms with Gasteiger partial charge in [-0.1, -0.05) is 11.6 Å². The Morgan fingerprint density at radius 3 is 2.83 bits per heavy atom. The van der Waals surface area contributed by atoms with Crippen molar-refractivity contribution in [2.45, 2.75) is 12.5 Å². The molecule has 1 aromatic carbocycles. The first-order valence-corrected chi connectivity index (χ1v) is 7.47. The Bertz CT molecular complexity index is 544. The third kappa shape index (κ3) is 3.26. The molecule has 1 heterocycles. The summed E-state index contributed by atoms with van der Waals surface area (Å²) < 4.78 is 6.41. The number of halogens is 2. The van der Waals surface area contributed by atoms with Crippen LogP contribution in [0.1, 0.15) is 16.5 Å².